The van der Waals surface area contributed by atoms with Crippen LogP contribution in [-0.4, -0.2) is 51.0 Å². The van der Waals surface area contributed by atoms with Gasteiger partial charge >= 0.3 is 6.01 Å². The first-order chi connectivity index (χ1) is 14.1. The van der Waals surface area contributed by atoms with Gasteiger partial charge in [0.15, 0.2) is 11.6 Å². The summed E-state index contributed by atoms with van der Waals surface area (Å²) in [6.45, 7) is 2.47. The highest BCUT2D eigenvalue weighted by Gasteiger charge is 2.21. The zero-order chi connectivity index (χ0) is 20.2. The molecule has 7 nitrogen and oxygen atoms in total. The summed E-state index contributed by atoms with van der Waals surface area (Å²) in [7, 11) is 3.35. The molecule has 8 heteroatoms. The molecule has 0 bridgehead atoms. The summed E-state index contributed by atoms with van der Waals surface area (Å²) >= 11 is 0. The second kappa shape index (κ2) is 8.57. The minimum atomic E-state index is -0.324. The van der Waals surface area contributed by atoms with E-state index in [9.17, 15) is 4.39 Å². The molecule has 0 saturated carbocycles. The van der Waals surface area contributed by atoms with Crippen molar-refractivity contribution in [1.82, 2.24) is 24.6 Å². The predicted octanol–water partition coefficient (Wildman–Crippen LogP) is 3.07. The molecule has 1 fully saturated rings. The third kappa shape index (κ3) is 4.71. The molecule has 29 heavy (non-hydrogen) atoms. The Hall–Kier alpha value is -3.00. The largest absolute Gasteiger partial charge is 0.494 e. The predicted molar refractivity (Wildman–Crippen MR) is 106 cm³/mol. The Kier molecular flexibility index (Phi) is 5.71. The molecule has 152 valence electrons. The van der Waals surface area contributed by atoms with E-state index in [1.165, 1.54) is 7.11 Å². The molecule has 0 aliphatic carbocycles. The monoisotopic (exact) mass is 397 g/mol. The number of likely N-dealkylation sites (tertiary alicyclic amines) is 1. The Balaban J connectivity index is 1.28. The van der Waals surface area contributed by atoms with E-state index in [0.717, 1.165) is 42.6 Å². The van der Waals surface area contributed by atoms with Crippen LogP contribution < -0.4 is 9.47 Å². The lowest BCUT2D eigenvalue weighted by atomic mass is 10.1. The van der Waals surface area contributed by atoms with Crippen molar-refractivity contribution in [2.24, 2.45) is 7.05 Å². The van der Waals surface area contributed by atoms with Crippen molar-refractivity contribution in [3.8, 4) is 22.9 Å². The second-order valence-electron chi connectivity index (χ2n) is 7.22. The van der Waals surface area contributed by atoms with Crippen molar-refractivity contribution in [3.05, 3.63) is 54.4 Å². The van der Waals surface area contributed by atoms with Gasteiger partial charge in [0.25, 0.3) is 0 Å². The molecule has 0 radical (unpaired) electrons. The van der Waals surface area contributed by atoms with E-state index < -0.39 is 0 Å². The van der Waals surface area contributed by atoms with Crippen molar-refractivity contribution in [3.63, 3.8) is 0 Å². The number of aromatic nitrogens is 4. The highest BCUT2D eigenvalue weighted by atomic mass is 19.1. The smallest absolute Gasteiger partial charge is 0.316 e. The van der Waals surface area contributed by atoms with E-state index >= 15 is 0 Å². The molecule has 0 amide bonds. The normalized spacial score (nSPS) is 15.4. The van der Waals surface area contributed by atoms with Crippen LogP contribution in [-0.2, 0) is 13.6 Å². The number of nitrogens with zero attached hydrogens (tertiary/aromatic N) is 5. The Labute approximate surface area is 169 Å². The quantitative estimate of drug-likeness (QED) is 0.637. The van der Waals surface area contributed by atoms with Crippen LogP contribution in [0.25, 0.3) is 11.1 Å². The Morgan fingerprint density at radius 3 is 2.48 bits per heavy atom. The maximum absolute atomic E-state index is 13.9. The third-order valence-electron chi connectivity index (χ3n) is 5.10. The maximum Gasteiger partial charge on any atom is 0.316 e. The van der Waals surface area contributed by atoms with Crippen LogP contribution in [0.4, 0.5) is 4.39 Å². The lowest BCUT2D eigenvalue weighted by molar-refractivity contribution is 0.0892. The van der Waals surface area contributed by atoms with E-state index in [1.54, 1.807) is 35.4 Å². The van der Waals surface area contributed by atoms with Crippen molar-refractivity contribution in [1.29, 1.82) is 0 Å². The molecule has 3 aromatic rings. The van der Waals surface area contributed by atoms with E-state index in [4.69, 9.17) is 9.47 Å². The Morgan fingerprint density at radius 2 is 1.86 bits per heavy atom. The lowest BCUT2D eigenvalue weighted by Gasteiger charge is -2.31. The number of aryl methyl sites for hydroxylation is 1. The molecule has 1 saturated heterocycles. The van der Waals surface area contributed by atoms with Crippen LogP contribution in [0.2, 0.25) is 0 Å². The third-order valence-corrected chi connectivity index (χ3v) is 5.10. The van der Waals surface area contributed by atoms with Crippen molar-refractivity contribution in [2.45, 2.75) is 25.5 Å². The Morgan fingerprint density at radius 1 is 1.10 bits per heavy atom. The topological polar surface area (TPSA) is 65.3 Å². The maximum atomic E-state index is 13.9. The zero-order valence-electron chi connectivity index (χ0n) is 16.6. The van der Waals surface area contributed by atoms with E-state index in [2.05, 4.69) is 20.0 Å². The van der Waals surface area contributed by atoms with Gasteiger partial charge in [0.1, 0.15) is 6.10 Å². The number of rotatable bonds is 6. The number of benzene rings is 1. The molecule has 3 heterocycles. The van der Waals surface area contributed by atoms with Gasteiger partial charge in [-0.1, -0.05) is 6.07 Å². The average Bonchev–Trinajstić information content (AvgIpc) is 3.16. The van der Waals surface area contributed by atoms with Crippen LogP contribution >= 0.6 is 0 Å². The first kappa shape index (κ1) is 19.3. The van der Waals surface area contributed by atoms with Gasteiger partial charge in [-0.05, 0) is 30.5 Å². The lowest BCUT2D eigenvalue weighted by Crippen LogP contribution is -2.38. The molecule has 1 aromatic carbocycles. The fourth-order valence-electron chi connectivity index (χ4n) is 3.50. The first-order valence-corrected chi connectivity index (χ1v) is 9.63. The van der Waals surface area contributed by atoms with Gasteiger partial charge in [-0.25, -0.2) is 14.4 Å². The second-order valence-corrected chi connectivity index (χ2v) is 7.22. The molecule has 4 rings (SSSR count). The number of piperidine rings is 1. The highest BCUT2D eigenvalue weighted by Crippen LogP contribution is 2.22. The SMILES string of the molecule is COc1ccc(CN2CCC(Oc3ncc(-c4cnn(C)c4)cn3)CC2)cc1F. The van der Waals surface area contributed by atoms with Crippen LogP contribution in [0.3, 0.4) is 0 Å². The van der Waals surface area contributed by atoms with Gasteiger partial charge in [0.2, 0.25) is 0 Å². The summed E-state index contributed by atoms with van der Waals surface area (Å²) in [4.78, 5) is 11.0. The summed E-state index contributed by atoms with van der Waals surface area (Å²) in [5, 5.41) is 4.16. The minimum absolute atomic E-state index is 0.0862. The molecule has 2 aromatic heterocycles. The summed E-state index contributed by atoms with van der Waals surface area (Å²) < 4.78 is 26.5. The summed E-state index contributed by atoms with van der Waals surface area (Å²) in [6.07, 6.45) is 9.06. The molecular formula is C21H24FN5O2. The van der Waals surface area contributed by atoms with E-state index in [0.29, 0.717) is 12.6 Å². The van der Waals surface area contributed by atoms with Crippen LogP contribution in [0.1, 0.15) is 18.4 Å². The number of halogens is 1. The van der Waals surface area contributed by atoms with Crippen LogP contribution in [0.15, 0.2) is 43.0 Å². The zero-order valence-corrected chi connectivity index (χ0v) is 16.6. The fraction of sp³-hybridized carbons (Fsp3) is 0.381. The van der Waals surface area contributed by atoms with Gasteiger partial charge in [0.05, 0.1) is 13.3 Å². The average molecular weight is 397 g/mol. The van der Waals surface area contributed by atoms with Gasteiger partial charge < -0.3 is 9.47 Å². The summed E-state index contributed by atoms with van der Waals surface area (Å²) in [5.41, 5.74) is 2.83. The molecule has 1 aliphatic rings. The molecular weight excluding hydrogens is 373 g/mol. The standard InChI is InChI=1S/C21H24FN5O2/c1-26-14-17(12-25-26)16-10-23-21(24-11-16)29-18-5-7-27(8-6-18)13-15-3-4-20(28-2)19(22)9-15/h3-4,9-12,14,18H,5-8,13H2,1-2H3. The first-order valence-electron chi connectivity index (χ1n) is 9.63. The molecule has 0 spiro atoms. The number of methoxy groups -OCH3 is 1. The molecule has 0 atom stereocenters. The van der Waals surface area contributed by atoms with Crippen LogP contribution in [0.5, 0.6) is 11.8 Å². The molecule has 1 aliphatic heterocycles. The van der Waals surface area contributed by atoms with Gasteiger partial charge in [-0.15, -0.1) is 0 Å². The minimum Gasteiger partial charge on any atom is -0.494 e. The van der Waals surface area contributed by atoms with Crippen molar-refractivity contribution in [2.75, 3.05) is 20.2 Å². The molecule has 0 unspecified atom stereocenters. The van der Waals surface area contributed by atoms with Crippen molar-refractivity contribution >= 4 is 0 Å². The van der Waals surface area contributed by atoms with E-state index in [1.807, 2.05) is 19.3 Å². The van der Waals surface area contributed by atoms with Crippen molar-refractivity contribution < 1.29 is 13.9 Å². The fourth-order valence-corrected chi connectivity index (χ4v) is 3.50. The highest BCUT2D eigenvalue weighted by molar-refractivity contribution is 5.59. The number of ether oxygens (including phenoxy) is 2. The van der Waals surface area contributed by atoms with Crippen LogP contribution in [0, 0.1) is 5.82 Å². The van der Waals surface area contributed by atoms with Gasteiger partial charge in [-0.2, -0.15) is 5.10 Å². The Bertz CT molecular complexity index is 952. The van der Waals surface area contributed by atoms with Gasteiger partial charge in [0, 0.05) is 56.4 Å². The number of hydrogen-bond donors (Lipinski definition) is 0. The summed E-state index contributed by atoms with van der Waals surface area (Å²) in [5.74, 6) is -0.0505. The number of hydrogen-bond acceptors (Lipinski definition) is 6. The van der Waals surface area contributed by atoms with Gasteiger partial charge in [-0.3, -0.25) is 9.58 Å². The van der Waals surface area contributed by atoms with E-state index in [-0.39, 0.29) is 17.7 Å². The summed E-state index contributed by atoms with van der Waals surface area (Å²) in [6, 6.07) is 5.52. The molecule has 0 N–H and O–H groups in total.